The van der Waals surface area contributed by atoms with E-state index >= 15 is 0 Å². The van der Waals surface area contributed by atoms with Gasteiger partial charge in [0, 0.05) is 18.6 Å². The van der Waals surface area contributed by atoms with Crippen LogP contribution in [0.5, 0.6) is 0 Å². The Balaban J connectivity index is 2.66. The lowest BCUT2D eigenvalue weighted by molar-refractivity contribution is -0.141. The standard InChI is InChI=1S/C13H13NO5/c15-11(6-7-12(16)17)14-10(13(18)19)8-9-4-2-1-3-5-9/h1-7,10H,8H2,(H,14,15)(H,16,17)(H,18,19)/b7-6+/t10-/m0/s1. The molecule has 0 unspecified atom stereocenters. The smallest absolute Gasteiger partial charge is 0.328 e. The maximum atomic E-state index is 11.3. The molecule has 0 fully saturated rings. The van der Waals surface area contributed by atoms with Crippen LogP contribution in [0.1, 0.15) is 5.56 Å². The summed E-state index contributed by atoms with van der Waals surface area (Å²) in [6.45, 7) is 0. The van der Waals surface area contributed by atoms with Crippen LogP contribution in [0.25, 0.3) is 0 Å². The zero-order chi connectivity index (χ0) is 14.3. The van der Waals surface area contributed by atoms with Gasteiger partial charge in [-0.15, -0.1) is 0 Å². The van der Waals surface area contributed by atoms with Crippen molar-refractivity contribution in [2.75, 3.05) is 0 Å². The number of carboxylic acid groups (broad SMARTS) is 2. The van der Waals surface area contributed by atoms with Gasteiger partial charge in [0.1, 0.15) is 6.04 Å². The molecule has 1 atom stereocenters. The average Bonchev–Trinajstić information content (AvgIpc) is 2.36. The van der Waals surface area contributed by atoms with Crippen molar-refractivity contribution in [3.63, 3.8) is 0 Å². The van der Waals surface area contributed by atoms with Crippen LogP contribution in [0.2, 0.25) is 0 Å². The first-order valence-electron chi connectivity index (χ1n) is 5.47. The van der Waals surface area contributed by atoms with Crippen LogP contribution in [-0.4, -0.2) is 34.1 Å². The molecule has 0 bridgehead atoms. The summed E-state index contributed by atoms with van der Waals surface area (Å²) >= 11 is 0. The highest BCUT2D eigenvalue weighted by Crippen LogP contribution is 2.03. The number of rotatable bonds is 6. The molecule has 6 nitrogen and oxygen atoms in total. The lowest BCUT2D eigenvalue weighted by Gasteiger charge is -2.13. The molecule has 1 amide bonds. The first kappa shape index (κ1) is 14.4. The van der Waals surface area contributed by atoms with Gasteiger partial charge in [0.2, 0.25) is 5.91 Å². The van der Waals surface area contributed by atoms with E-state index in [1.807, 2.05) is 0 Å². The summed E-state index contributed by atoms with van der Waals surface area (Å²) in [5.41, 5.74) is 0.761. The SMILES string of the molecule is O=C(O)/C=C/C(=O)N[C@@H](Cc1ccccc1)C(=O)O. The van der Waals surface area contributed by atoms with Gasteiger partial charge < -0.3 is 15.5 Å². The van der Waals surface area contributed by atoms with Crippen molar-refractivity contribution in [2.45, 2.75) is 12.5 Å². The normalized spacial score (nSPS) is 12.0. The summed E-state index contributed by atoms with van der Waals surface area (Å²) in [6.07, 6.45) is 1.56. The molecule has 19 heavy (non-hydrogen) atoms. The fourth-order valence-corrected chi connectivity index (χ4v) is 1.42. The van der Waals surface area contributed by atoms with E-state index in [-0.39, 0.29) is 6.42 Å². The lowest BCUT2D eigenvalue weighted by atomic mass is 10.1. The molecule has 1 aromatic rings. The summed E-state index contributed by atoms with van der Waals surface area (Å²) in [4.78, 5) is 32.6. The van der Waals surface area contributed by atoms with Crippen molar-refractivity contribution >= 4 is 17.8 Å². The molecule has 0 radical (unpaired) electrons. The fraction of sp³-hybridized carbons (Fsp3) is 0.154. The summed E-state index contributed by atoms with van der Waals surface area (Å²) < 4.78 is 0. The van der Waals surface area contributed by atoms with Gasteiger partial charge in [0.15, 0.2) is 0 Å². The van der Waals surface area contributed by atoms with Crippen LogP contribution < -0.4 is 5.32 Å². The van der Waals surface area contributed by atoms with Gasteiger partial charge in [-0.3, -0.25) is 4.79 Å². The van der Waals surface area contributed by atoms with E-state index in [4.69, 9.17) is 10.2 Å². The number of amides is 1. The minimum atomic E-state index is -1.27. The Bertz CT molecular complexity index is 495. The van der Waals surface area contributed by atoms with Crippen molar-refractivity contribution in [1.29, 1.82) is 0 Å². The molecule has 0 aliphatic rings. The molecular weight excluding hydrogens is 250 g/mol. The second-order valence-electron chi connectivity index (χ2n) is 3.76. The van der Waals surface area contributed by atoms with Crippen LogP contribution in [0.3, 0.4) is 0 Å². The highest BCUT2D eigenvalue weighted by atomic mass is 16.4. The van der Waals surface area contributed by atoms with Crippen molar-refractivity contribution in [1.82, 2.24) is 5.32 Å². The number of hydrogen-bond donors (Lipinski definition) is 3. The Kier molecular flexibility index (Phi) is 5.28. The fourth-order valence-electron chi connectivity index (χ4n) is 1.42. The molecule has 6 heteroatoms. The third-order valence-electron chi connectivity index (χ3n) is 2.27. The number of nitrogens with one attached hydrogen (secondary N) is 1. The van der Waals surface area contributed by atoms with E-state index in [0.717, 1.165) is 11.6 Å². The van der Waals surface area contributed by atoms with Gasteiger partial charge in [-0.2, -0.15) is 0 Å². The molecule has 0 spiro atoms. The monoisotopic (exact) mass is 263 g/mol. The highest BCUT2D eigenvalue weighted by molar-refractivity contribution is 5.95. The predicted octanol–water partition coefficient (Wildman–Crippen LogP) is 0.439. The Hall–Kier alpha value is -2.63. The van der Waals surface area contributed by atoms with E-state index in [2.05, 4.69) is 5.32 Å². The van der Waals surface area contributed by atoms with E-state index in [9.17, 15) is 14.4 Å². The molecule has 1 aromatic carbocycles. The van der Waals surface area contributed by atoms with Gasteiger partial charge in [0.25, 0.3) is 0 Å². The summed E-state index contributed by atoms with van der Waals surface area (Å²) in [5, 5.41) is 19.6. The third kappa shape index (κ3) is 5.49. The minimum absolute atomic E-state index is 0.128. The van der Waals surface area contributed by atoms with Crippen LogP contribution in [0.4, 0.5) is 0 Å². The van der Waals surface area contributed by atoms with Crippen LogP contribution in [0.15, 0.2) is 42.5 Å². The quantitative estimate of drug-likeness (QED) is 0.646. The van der Waals surface area contributed by atoms with Gasteiger partial charge in [0.05, 0.1) is 0 Å². The first-order chi connectivity index (χ1) is 8.99. The minimum Gasteiger partial charge on any atom is -0.480 e. The number of hydrogen-bond acceptors (Lipinski definition) is 3. The molecule has 0 aromatic heterocycles. The Morgan fingerprint density at radius 2 is 1.74 bits per heavy atom. The zero-order valence-corrected chi connectivity index (χ0v) is 9.95. The number of benzene rings is 1. The summed E-state index contributed by atoms with van der Waals surface area (Å²) in [5.74, 6) is -3.21. The predicted molar refractivity (Wildman–Crippen MR) is 66.5 cm³/mol. The maximum absolute atomic E-state index is 11.3. The molecule has 0 aliphatic carbocycles. The maximum Gasteiger partial charge on any atom is 0.328 e. The number of carbonyl (C=O) groups is 3. The first-order valence-corrected chi connectivity index (χ1v) is 5.47. The number of carboxylic acids is 2. The Morgan fingerprint density at radius 3 is 2.26 bits per heavy atom. The molecule has 0 heterocycles. The zero-order valence-electron chi connectivity index (χ0n) is 9.95. The van der Waals surface area contributed by atoms with Crippen LogP contribution >= 0.6 is 0 Å². The summed E-state index contributed by atoms with van der Waals surface area (Å²) in [7, 11) is 0. The lowest BCUT2D eigenvalue weighted by Crippen LogP contribution is -2.41. The molecule has 0 saturated heterocycles. The average molecular weight is 263 g/mol. The summed E-state index contributed by atoms with van der Waals surface area (Å²) in [6, 6.07) is 7.71. The van der Waals surface area contributed by atoms with E-state index in [1.54, 1.807) is 30.3 Å². The Morgan fingerprint density at radius 1 is 1.11 bits per heavy atom. The molecule has 100 valence electrons. The number of aliphatic carboxylic acids is 2. The van der Waals surface area contributed by atoms with Crippen LogP contribution in [-0.2, 0) is 20.8 Å². The number of carbonyl (C=O) groups excluding carboxylic acids is 1. The van der Waals surface area contributed by atoms with Gasteiger partial charge in [-0.25, -0.2) is 9.59 Å². The van der Waals surface area contributed by atoms with Crippen molar-refractivity contribution in [2.24, 2.45) is 0 Å². The molecule has 0 saturated carbocycles. The van der Waals surface area contributed by atoms with E-state index in [0.29, 0.717) is 6.08 Å². The van der Waals surface area contributed by atoms with Crippen molar-refractivity contribution in [3.05, 3.63) is 48.0 Å². The van der Waals surface area contributed by atoms with Gasteiger partial charge in [-0.05, 0) is 5.56 Å². The van der Waals surface area contributed by atoms with E-state index in [1.165, 1.54) is 0 Å². The third-order valence-corrected chi connectivity index (χ3v) is 2.27. The second-order valence-corrected chi connectivity index (χ2v) is 3.76. The van der Waals surface area contributed by atoms with Crippen LogP contribution in [0, 0.1) is 0 Å². The molecule has 1 rings (SSSR count). The van der Waals surface area contributed by atoms with Crippen molar-refractivity contribution in [3.8, 4) is 0 Å². The molecular formula is C13H13NO5. The molecule has 0 aliphatic heterocycles. The van der Waals surface area contributed by atoms with Crippen molar-refractivity contribution < 1.29 is 24.6 Å². The molecule has 3 N–H and O–H groups in total. The van der Waals surface area contributed by atoms with E-state index < -0.39 is 23.9 Å². The van der Waals surface area contributed by atoms with Gasteiger partial charge >= 0.3 is 11.9 Å². The van der Waals surface area contributed by atoms with Gasteiger partial charge in [-0.1, -0.05) is 30.3 Å². The Labute approximate surface area is 109 Å². The highest BCUT2D eigenvalue weighted by Gasteiger charge is 2.19. The topological polar surface area (TPSA) is 104 Å². The largest absolute Gasteiger partial charge is 0.480 e. The second kappa shape index (κ2) is 6.95.